The number of nitrogens with zero attached hydrogens (tertiary/aromatic N) is 1. The van der Waals surface area contributed by atoms with E-state index in [4.69, 9.17) is 0 Å². The van der Waals surface area contributed by atoms with Gasteiger partial charge in [0.25, 0.3) is 0 Å². The van der Waals surface area contributed by atoms with Crippen molar-refractivity contribution in [2.75, 3.05) is 13.1 Å². The van der Waals surface area contributed by atoms with Crippen LogP contribution in [0.1, 0.15) is 48.5 Å². The Hall–Kier alpha value is 0.354. The Balaban J connectivity index is 5.24. The molecule has 0 rings (SSSR count). The highest BCUT2D eigenvalue weighted by Crippen LogP contribution is 2.42. The monoisotopic (exact) mass is 288 g/mol. The van der Waals surface area contributed by atoms with Crippen LogP contribution in [0.15, 0.2) is 0 Å². The molecule has 0 aromatic heterocycles. The van der Waals surface area contributed by atoms with Gasteiger partial charge in [-0.05, 0) is 36.8 Å². The van der Waals surface area contributed by atoms with E-state index in [0.717, 1.165) is 18.6 Å². The van der Waals surface area contributed by atoms with Crippen LogP contribution in [0.4, 0.5) is 0 Å². The zero-order valence-electron chi connectivity index (χ0n) is 14.4. The summed E-state index contributed by atoms with van der Waals surface area (Å²) in [6.45, 7) is 26.4. The van der Waals surface area contributed by atoms with Gasteiger partial charge in [0, 0.05) is 0 Å². The lowest BCUT2D eigenvalue weighted by molar-refractivity contribution is 0.459. The highest BCUT2D eigenvalue weighted by Gasteiger charge is 2.47. The molecule has 2 nitrogen and oxygen atoms in total. The van der Waals surface area contributed by atoms with Crippen LogP contribution in [0.25, 0.3) is 0 Å². The number of rotatable bonds is 6. The average molecular weight is 289 g/mol. The average Bonchev–Trinajstić information content (AvgIpc) is 2.15. The van der Waals surface area contributed by atoms with Gasteiger partial charge in [-0.25, -0.2) is 0 Å². The molecular formula is C14H36N2Si2. The van der Waals surface area contributed by atoms with E-state index in [2.05, 4.69) is 77.3 Å². The summed E-state index contributed by atoms with van der Waals surface area (Å²) < 4.78 is 6.87. The topological polar surface area (TPSA) is 15.3 Å². The summed E-state index contributed by atoms with van der Waals surface area (Å²) in [5.41, 5.74) is 0.764. The van der Waals surface area contributed by atoms with E-state index in [1.807, 2.05) is 0 Å². The van der Waals surface area contributed by atoms with Crippen molar-refractivity contribution >= 4 is 16.6 Å². The van der Waals surface area contributed by atoms with Crippen molar-refractivity contribution in [3.63, 3.8) is 0 Å². The first-order chi connectivity index (χ1) is 7.92. The van der Waals surface area contributed by atoms with Crippen LogP contribution in [0.5, 0.6) is 0 Å². The summed E-state index contributed by atoms with van der Waals surface area (Å²) in [5, 5.41) is 0.401. The molecule has 0 radical (unpaired) electrons. The Bertz CT molecular complexity index is 255. The third kappa shape index (κ3) is 3.92. The molecule has 0 aromatic rings. The Morgan fingerprint density at radius 3 is 1.61 bits per heavy atom. The normalized spacial score (nSPS) is 17.3. The number of hydrogen-bond acceptors (Lipinski definition) is 2. The van der Waals surface area contributed by atoms with E-state index in [0.29, 0.717) is 5.04 Å². The van der Waals surface area contributed by atoms with Gasteiger partial charge in [0.2, 0.25) is 0 Å². The van der Waals surface area contributed by atoms with Crippen molar-refractivity contribution in [2.45, 2.75) is 78.7 Å². The second-order valence-electron chi connectivity index (χ2n) is 7.46. The molecule has 1 unspecified atom stereocenters. The predicted molar refractivity (Wildman–Crippen MR) is 90.0 cm³/mol. The summed E-state index contributed by atoms with van der Waals surface area (Å²) in [6, 6.07) is 0. The first-order valence-corrected chi connectivity index (χ1v) is 13.0. The number of hydrogen-bond donors (Lipinski definition) is 1. The van der Waals surface area contributed by atoms with Crippen LogP contribution in [0, 0.1) is 0 Å². The molecule has 0 fully saturated rings. The van der Waals surface area contributed by atoms with Gasteiger partial charge in [0.05, 0.1) is 0 Å². The maximum atomic E-state index is 4.21. The molecule has 0 amide bonds. The quantitative estimate of drug-likeness (QED) is 0.729. The van der Waals surface area contributed by atoms with Crippen molar-refractivity contribution in [1.29, 1.82) is 0 Å². The molecule has 0 aliphatic rings. The predicted octanol–water partition coefficient (Wildman–Crippen LogP) is 4.41. The second-order valence-corrected chi connectivity index (χ2v) is 17.3. The third-order valence-electron chi connectivity index (χ3n) is 4.83. The van der Waals surface area contributed by atoms with E-state index in [1.54, 1.807) is 0 Å². The molecule has 0 bridgehead atoms. The summed E-state index contributed by atoms with van der Waals surface area (Å²) >= 11 is 0. The molecule has 0 saturated carbocycles. The molecule has 0 spiro atoms. The van der Waals surface area contributed by atoms with Crippen LogP contribution >= 0.6 is 0 Å². The molecule has 0 saturated heterocycles. The fourth-order valence-corrected chi connectivity index (χ4v) is 14.6. The lowest BCUT2D eigenvalue weighted by Crippen LogP contribution is -2.72. The minimum Gasteiger partial charge on any atom is -0.347 e. The van der Waals surface area contributed by atoms with Gasteiger partial charge in [-0.3, -0.25) is 0 Å². The van der Waals surface area contributed by atoms with Crippen LogP contribution in [0.2, 0.25) is 30.2 Å². The van der Waals surface area contributed by atoms with Crippen molar-refractivity contribution in [2.24, 2.45) is 0 Å². The molecule has 1 atom stereocenters. The van der Waals surface area contributed by atoms with Crippen molar-refractivity contribution < 1.29 is 0 Å². The lowest BCUT2D eigenvalue weighted by Gasteiger charge is -2.50. The van der Waals surface area contributed by atoms with E-state index in [9.17, 15) is 0 Å². The molecule has 110 valence electrons. The molecule has 18 heavy (non-hydrogen) atoms. The third-order valence-corrected chi connectivity index (χ3v) is 17.0. The van der Waals surface area contributed by atoms with Gasteiger partial charge in [0.15, 0.2) is 8.40 Å². The minimum atomic E-state index is -1.50. The summed E-state index contributed by atoms with van der Waals surface area (Å²) in [4.78, 5) is 0. The van der Waals surface area contributed by atoms with E-state index in [1.165, 1.54) is 0 Å². The molecule has 0 heterocycles. The van der Waals surface area contributed by atoms with Crippen molar-refractivity contribution in [1.82, 2.24) is 9.21 Å². The second kappa shape index (κ2) is 6.20. The van der Waals surface area contributed by atoms with Crippen LogP contribution in [-0.2, 0) is 0 Å². The van der Waals surface area contributed by atoms with Gasteiger partial charge in [-0.1, -0.05) is 55.0 Å². The van der Waals surface area contributed by atoms with Gasteiger partial charge in [0.1, 0.15) is 8.24 Å². The summed E-state index contributed by atoms with van der Waals surface area (Å²) in [5.74, 6) is 0. The smallest absolute Gasteiger partial charge is 0.191 e. The zero-order valence-corrected chi connectivity index (χ0v) is 16.4. The zero-order chi connectivity index (χ0) is 14.8. The minimum absolute atomic E-state index is 0.401. The largest absolute Gasteiger partial charge is 0.347 e. The molecule has 4 heteroatoms. The maximum Gasteiger partial charge on any atom is 0.191 e. The fourth-order valence-electron chi connectivity index (χ4n) is 2.93. The first kappa shape index (κ1) is 18.4. The van der Waals surface area contributed by atoms with Crippen molar-refractivity contribution in [3.8, 4) is 0 Å². The first-order valence-electron chi connectivity index (χ1n) is 7.46. The van der Waals surface area contributed by atoms with Gasteiger partial charge < -0.3 is 9.21 Å². The Labute approximate surface area is 118 Å². The molecule has 0 aromatic carbocycles. The standard InChI is InChI=1S/C14H36N2Si2/c1-11-16(12-2)17(8,9)15-18(10,13(3)4)14(5,6)7/h13,15H,11-12H2,1-10H3. The summed E-state index contributed by atoms with van der Waals surface area (Å²) in [7, 11) is -2.98. The van der Waals surface area contributed by atoms with Crippen LogP contribution in [-0.4, -0.2) is 34.3 Å². The van der Waals surface area contributed by atoms with Gasteiger partial charge in [-0.15, -0.1) is 0 Å². The molecule has 0 aliphatic heterocycles. The van der Waals surface area contributed by atoms with E-state index >= 15 is 0 Å². The lowest BCUT2D eigenvalue weighted by atomic mass is 10.2. The van der Waals surface area contributed by atoms with Crippen LogP contribution in [0.3, 0.4) is 0 Å². The molecular weight excluding hydrogens is 252 g/mol. The van der Waals surface area contributed by atoms with E-state index < -0.39 is 16.6 Å². The van der Waals surface area contributed by atoms with E-state index in [-0.39, 0.29) is 0 Å². The van der Waals surface area contributed by atoms with Crippen molar-refractivity contribution in [3.05, 3.63) is 0 Å². The fraction of sp³-hybridized carbons (Fsp3) is 1.00. The van der Waals surface area contributed by atoms with Gasteiger partial charge >= 0.3 is 0 Å². The Morgan fingerprint density at radius 2 is 1.39 bits per heavy atom. The van der Waals surface area contributed by atoms with Gasteiger partial charge in [-0.2, -0.15) is 0 Å². The van der Waals surface area contributed by atoms with Crippen LogP contribution < -0.4 is 4.65 Å². The number of nitrogens with one attached hydrogen (secondary N) is 1. The summed E-state index contributed by atoms with van der Waals surface area (Å²) in [6.07, 6.45) is 0. The maximum absolute atomic E-state index is 4.21. The SMILES string of the molecule is CCN(CC)[Si](C)(C)N[Si](C)(C(C)C)C(C)(C)C. The highest BCUT2D eigenvalue weighted by molar-refractivity contribution is 6.92. The molecule has 0 aliphatic carbocycles. The highest BCUT2D eigenvalue weighted by atomic mass is 28.4. The Kier molecular flexibility index (Phi) is 6.32. The Morgan fingerprint density at radius 1 is 1.00 bits per heavy atom. The molecule has 1 N–H and O–H groups in total.